The predicted molar refractivity (Wildman–Crippen MR) is 90.1 cm³/mol. The molecule has 22 heavy (non-hydrogen) atoms. The molecular formula is C17H22N2O2S. The highest BCUT2D eigenvalue weighted by molar-refractivity contribution is 7.90. The van der Waals surface area contributed by atoms with Crippen LogP contribution in [0.25, 0.3) is 11.1 Å². The quantitative estimate of drug-likeness (QED) is 0.890. The van der Waals surface area contributed by atoms with Gasteiger partial charge in [-0.15, -0.1) is 0 Å². The Labute approximate surface area is 132 Å². The van der Waals surface area contributed by atoms with E-state index in [1.807, 2.05) is 49.5 Å². The van der Waals surface area contributed by atoms with Crippen molar-refractivity contribution in [3.8, 4) is 11.1 Å². The molecule has 0 amide bonds. The van der Waals surface area contributed by atoms with Gasteiger partial charge in [0.25, 0.3) is 0 Å². The van der Waals surface area contributed by atoms with E-state index in [4.69, 9.17) is 0 Å². The fraction of sp³-hybridized carbons (Fsp3) is 0.353. The van der Waals surface area contributed by atoms with Gasteiger partial charge in [-0.05, 0) is 42.5 Å². The lowest BCUT2D eigenvalue weighted by molar-refractivity contribution is 0.566. The summed E-state index contributed by atoms with van der Waals surface area (Å²) in [4.78, 5) is 4.11. The van der Waals surface area contributed by atoms with Crippen LogP contribution in [-0.4, -0.2) is 25.2 Å². The second kappa shape index (κ2) is 7.03. The Morgan fingerprint density at radius 3 is 2.27 bits per heavy atom. The molecule has 0 aliphatic heterocycles. The summed E-state index contributed by atoms with van der Waals surface area (Å²) < 4.78 is 26.2. The molecule has 0 fully saturated rings. The first-order valence-electron chi connectivity index (χ1n) is 7.39. The van der Waals surface area contributed by atoms with Crippen LogP contribution in [0.3, 0.4) is 0 Å². The number of sulfonamides is 1. The van der Waals surface area contributed by atoms with Crippen molar-refractivity contribution >= 4 is 10.0 Å². The summed E-state index contributed by atoms with van der Waals surface area (Å²) in [5, 5.41) is -0.410. The van der Waals surface area contributed by atoms with Gasteiger partial charge in [0, 0.05) is 18.9 Å². The number of hydrogen-bond acceptors (Lipinski definition) is 3. The maximum absolute atomic E-state index is 11.8. The van der Waals surface area contributed by atoms with Gasteiger partial charge in [-0.1, -0.05) is 37.3 Å². The van der Waals surface area contributed by atoms with Gasteiger partial charge < -0.3 is 0 Å². The standard InChI is InChI=1S/C17H22N2O2S/c1-13(2)22(20,21)19-11-14(3)15-6-8-16(9-7-15)17-5-4-10-18-12-17/h4-10,12-14,19H,11H2,1-3H3. The van der Waals surface area contributed by atoms with E-state index in [1.165, 1.54) is 0 Å². The van der Waals surface area contributed by atoms with E-state index in [0.29, 0.717) is 6.54 Å². The van der Waals surface area contributed by atoms with Crippen LogP contribution in [0.2, 0.25) is 0 Å². The molecule has 4 nitrogen and oxygen atoms in total. The van der Waals surface area contributed by atoms with E-state index in [9.17, 15) is 8.42 Å². The maximum Gasteiger partial charge on any atom is 0.213 e. The molecule has 118 valence electrons. The van der Waals surface area contributed by atoms with Crippen LogP contribution >= 0.6 is 0 Å². The van der Waals surface area contributed by atoms with E-state index in [2.05, 4.69) is 9.71 Å². The third-order valence-electron chi connectivity index (χ3n) is 3.69. The highest BCUT2D eigenvalue weighted by atomic mass is 32.2. The molecule has 2 rings (SSSR count). The fourth-order valence-corrected chi connectivity index (χ4v) is 2.88. The van der Waals surface area contributed by atoms with E-state index in [-0.39, 0.29) is 5.92 Å². The van der Waals surface area contributed by atoms with Gasteiger partial charge in [0.2, 0.25) is 10.0 Å². The van der Waals surface area contributed by atoms with E-state index in [0.717, 1.165) is 16.7 Å². The zero-order valence-electron chi connectivity index (χ0n) is 13.2. The van der Waals surface area contributed by atoms with Gasteiger partial charge in [-0.25, -0.2) is 13.1 Å². The first-order chi connectivity index (χ1) is 10.4. The highest BCUT2D eigenvalue weighted by Crippen LogP contribution is 2.22. The van der Waals surface area contributed by atoms with Crippen molar-refractivity contribution in [2.45, 2.75) is 31.9 Å². The second-order valence-corrected chi connectivity index (χ2v) is 8.03. The number of hydrogen-bond donors (Lipinski definition) is 1. The maximum atomic E-state index is 11.8. The topological polar surface area (TPSA) is 59.1 Å². The van der Waals surface area contributed by atoms with Crippen molar-refractivity contribution in [2.24, 2.45) is 0 Å². The lowest BCUT2D eigenvalue weighted by Crippen LogP contribution is -2.33. The molecular weight excluding hydrogens is 296 g/mol. The third-order valence-corrected chi connectivity index (χ3v) is 5.50. The van der Waals surface area contributed by atoms with Crippen LogP contribution < -0.4 is 4.72 Å². The molecule has 1 aromatic heterocycles. The molecule has 0 aliphatic carbocycles. The van der Waals surface area contributed by atoms with E-state index < -0.39 is 15.3 Å². The van der Waals surface area contributed by atoms with Gasteiger partial charge in [-0.2, -0.15) is 0 Å². The predicted octanol–water partition coefficient (Wildman–Crippen LogP) is 3.18. The number of benzene rings is 1. The molecule has 0 saturated heterocycles. The number of aromatic nitrogens is 1. The number of nitrogens with zero attached hydrogens (tertiary/aromatic N) is 1. The zero-order chi connectivity index (χ0) is 16.2. The summed E-state index contributed by atoms with van der Waals surface area (Å²) in [5.74, 6) is 0.122. The second-order valence-electron chi connectivity index (χ2n) is 5.71. The Bertz CT molecular complexity index is 695. The van der Waals surface area contributed by atoms with Gasteiger partial charge >= 0.3 is 0 Å². The van der Waals surface area contributed by atoms with Gasteiger partial charge in [0.1, 0.15) is 0 Å². The normalized spacial score (nSPS) is 13.3. The first kappa shape index (κ1) is 16.6. The Kier molecular flexibility index (Phi) is 5.32. The summed E-state index contributed by atoms with van der Waals surface area (Å²) in [7, 11) is -3.21. The van der Waals surface area contributed by atoms with Crippen molar-refractivity contribution in [2.75, 3.05) is 6.54 Å². The minimum Gasteiger partial charge on any atom is -0.264 e. The van der Waals surface area contributed by atoms with Crippen LogP contribution in [0.1, 0.15) is 32.3 Å². The van der Waals surface area contributed by atoms with Gasteiger partial charge in [-0.3, -0.25) is 4.98 Å². The van der Waals surface area contributed by atoms with E-state index in [1.54, 1.807) is 20.0 Å². The molecule has 1 aromatic carbocycles. The van der Waals surface area contributed by atoms with Crippen LogP contribution in [0, 0.1) is 0 Å². The molecule has 1 atom stereocenters. The van der Waals surface area contributed by atoms with Crippen LogP contribution in [0.15, 0.2) is 48.8 Å². The van der Waals surface area contributed by atoms with Crippen molar-refractivity contribution in [3.05, 3.63) is 54.4 Å². The number of pyridine rings is 1. The average molecular weight is 318 g/mol. The highest BCUT2D eigenvalue weighted by Gasteiger charge is 2.16. The summed E-state index contributed by atoms with van der Waals surface area (Å²) in [6, 6.07) is 12.1. The molecule has 1 heterocycles. The Hall–Kier alpha value is -1.72. The van der Waals surface area contributed by atoms with Gasteiger partial charge in [0.05, 0.1) is 5.25 Å². The minimum atomic E-state index is -3.21. The molecule has 1 unspecified atom stereocenters. The molecule has 5 heteroatoms. The van der Waals surface area contributed by atoms with Crippen molar-refractivity contribution in [3.63, 3.8) is 0 Å². The third kappa shape index (κ3) is 4.15. The van der Waals surface area contributed by atoms with Crippen LogP contribution in [0.4, 0.5) is 0 Å². The molecule has 0 aliphatic rings. The minimum absolute atomic E-state index is 0.122. The Morgan fingerprint density at radius 2 is 1.73 bits per heavy atom. The van der Waals surface area contributed by atoms with Crippen molar-refractivity contribution < 1.29 is 8.42 Å². The van der Waals surface area contributed by atoms with Crippen LogP contribution in [-0.2, 0) is 10.0 Å². The average Bonchev–Trinajstić information content (AvgIpc) is 2.53. The van der Waals surface area contributed by atoms with Crippen LogP contribution in [0.5, 0.6) is 0 Å². The Morgan fingerprint density at radius 1 is 1.05 bits per heavy atom. The molecule has 0 radical (unpaired) electrons. The zero-order valence-corrected chi connectivity index (χ0v) is 14.0. The lowest BCUT2D eigenvalue weighted by atomic mass is 9.98. The first-order valence-corrected chi connectivity index (χ1v) is 8.93. The smallest absolute Gasteiger partial charge is 0.213 e. The largest absolute Gasteiger partial charge is 0.264 e. The number of rotatable bonds is 6. The summed E-state index contributed by atoms with van der Waals surface area (Å²) >= 11 is 0. The monoisotopic (exact) mass is 318 g/mol. The molecule has 2 aromatic rings. The molecule has 1 N–H and O–H groups in total. The van der Waals surface area contributed by atoms with Gasteiger partial charge in [0.15, 0.2) is 0 Å². The van der Waals surface area contributed by atoms with Crippen molar-refractivity contribution in [1.29, 1.82) is 0 Å². The number of nitrogens with one attached hydrogen (secondary N) is 1. The lowest BCUT2D eigenvalue weighted by Gasteiger charge is -2.15. The SMILES string of the molecule is CC(CNS(=O)(=O)C(C)C)c1ccc(-c2cccnc2)cc1. The van der Waals surface area contributed by atoms with Crippen molar-refractivity contribution in [1.82, 2.24) is 9.71 Å². The van der Waals surface area contributed by atoms with E-state index >= 15 is 0 Å². The molecule has 0 bridgehead atoms. The molecule has 0 spiro atoms. The summed E-state index contributed by atoms with van der Waals surface area (Å²) in [6.07, 6.45) is 3.58. The summed E-state index contributed by atoms with van der Waals surface area (Å²) in [5.41, 5.74) is 3.29. The Balaban J connectivity index is 2.04. The fourth-order valence-electron chi connectivity index (χ4n) is 2.06. The summed E-state index contributed by atoms with van der Waals surface area (Å²) in [6.45, 7) is 5.78. The molecule has 0 saturated carbocycles.